The van der Waals surface area contributed by atoms with Crippen LogP contribution >= 0.6 is 11.6 Å². The second-order valence-electron chi connectivity index (χ2n) is 5.70. The highest BCUT2D eigenvalue weighted by molar-refractivity contribution is 6.33. The molecule has 3 heteroatoms. The monoisotopic (exact) mass is 266 g/mol. The lowest BCUT2D eigenvalue weighted by Crippen LogP contribution is -2.38. The quantitative estimate of drug-likeness (QED) is 0.821. The normalized spacial score (nSPS) is 24.3. The summed E-state index contributed by atoms with van der Waals surface area (Å²) in [7, 11) is 0. The number of nitrogen functional groups attached to an aromatic ring is 1. The number of anilines is 2. The van der Waals surface area contributed by atoms with E-state index in [0.717, 1.165) is 42.6 Å². The molecule has 2 atom stereocenters. The molecule has 0 radical (unpaired) electrons. The van der Waals surface area contributed by atoms with E-state index in [1.807, 2.05) is 6.07 Å². The van der Waals surface area contributed by atoms with E-state index in [4.69, 9.17) is 17.3 Å². The topological polar surface area (TPSA) is 29.3 Å². The summed E-state index contributed by atoms with van der Waals surface area (Å²) < 4.78 is 0. The van der Waals surface area contributed by atoms with Crippen LogP contribution in [0.1, 0.15) is 32.8 Å². The minimum Gasteiger partial charge on any atom is -0.397 e. The highest BCUT2D eigenvalue weighted by atomic mass is 35.5. The molecule has 0 bridgehead atoms. The van der Waals surface area contributed by atoms with Gasteiger partial charge >= 0.3 is 0 Å². The van der Waals surface area contributed by atoms with Crippen molar-refractivity contribution >= 4 is 23.0 Å². The van der Waals surface area contributed by atoms with Crippen LogP contribution in [0.25, 0.3) is 0 Å². The largest absolute Gasteiger partial charge is 0.397 e. The van der Waals surface area contributed by atoms with Gasteiger partial charge in [0.2, 0.25) is 0 Å². The zero-order chi connectivity index (χ0) is 13.3. The van der Waals surface area contributed by atoms with E-state index in [1.54, 1.807) is 0 Å². The average molecular weight is 267 g/mol. The SMILES string of the molecule is CCc1cc(N2CC(C)CC(C)C2)cc(Cl)c1N. The van der Waals surface area contributed by atoms with Crippen LogP contribution in [0.4, 0.5) is 11.4 Å². The van der Waals surface area contributed by atoms with E-state index < -0.39 is 0 Å². The fraction of sp³-hybridized carbons (Fsp3) is 0.600. The molecule has 1 heterocycles. The molecule has 0 saturated carbocycles. The molecule has 1 aliphatic heterocycles. The van der Waals surface area contributed by atoms with Crippen LogP contribution in [-0.4, -0.2) is 13.1 Å². The van der Waals surface area contributed by atoms with Gasteiger partial charge in [0.15, 0.2) is 0 Å². The Bertz CT molecular complexity index is 421. The number of halogens is 1. The zero-order valence-corrected chi connectivity index (χ0v) is 12.3. The fourth-order valence-electron chi connectivity index (χ4n) is 3.01. The third-order valence-corrected chi connectivity index (χ3v) is 4.13. The van der Waals surface area contributed by atoms with Gasteiger partial charge in [-0.2, -0.15) is 0 Å². The molecule has 0 amide bonds. The van der Waals surface area contributed by atoms with Crippen molar-refractivity contribution in [3.8, 4) is 0 Å². The highest BCUT2D eigenvalue weighted by Crippen LogP contribution is 2.33. The molecule has 1 aromatic carbocycles. The summed E-state index contributed by atoms with van der Waals surface area (Å²) in [5, 5.41) is 0.690. The summed E-state index contributed by atoms with van der Waals surface area (Å²) in [5.74, 6) is 1.49. The molecule has 1 saturated heterocycles. The molecule has 0 spiro atoms. The lowest BCUT2D eigenvalue weighted by atomic mass is 9.91. The number of piperidine rings is 1. The summed E-state index contributed by atoms with van der Waals surface area (Å²) in [6.07, 6.45) is 2.25. The Balaban J connectivity index is 2.30. The second kappa shape index (κ2) is 5.40. The van der Waals surface area contributed by atoms with Crippen molar-refractivity contribution < 1.29 is 0 Å². The van der Waals surface area contributed by atoms with Gasteiger partial charge < -0.3 is 10.6 Å². The number of rotatable bonds is 2. The number of nitrogens with two attached hydrogens (primary N) is 1. The van der Waals surface area contributed by atoms with Crippen molar-refractivity contribution in [2.75, 3.05) is 23.7 Å². The van der Waals surface area contributed by atoms with Crippen LogP contribution in [0.2, 0.25) is 5.02 Å². The first-order chi connectivity index (χ1) is 8.51. The Morgan fingerprint density at radius 3 is 2.44 bits per heavy atom. The molecule has 18 heavy (non-hydrogen) atoms. The van der Waals surface area contributed by atoms with E-state index in [-0.39, 0.29) is 0 Å². The summed E-state index contributed by atoms with van der Waals surface area (Å²) in [6.45, 7) is 9.00. The molecular formula is C15H23ClN2. The van der Waals surface area contributed by atoms with Crippen molar-refractivity contribution in [2.24, 2.45) is 11.8 Å². The van der Waals surface area contributed by atoms with Gasteiger partial charge in [0.25, 0.3) is 0 Å². The molecule has 1 aromatic rings. The van der Waals surface area contributed by atoms with Crippen LogP contribution in [0, 0.1) is 11.8 Å². The third-order valence-electron chi connectivity index (χ3n) is 3.81. The average Bonchev–Trinajstić information content (AvgIpc) is 2.31. The van der Waals surface area contributed by atoms with Crippen molar-refractivity contribution in [2.45, 2.75) is 33.6 Å². The van der Waals surface area contributed by atoms with Gasteiger partial charge in [0.1, 0.15) is 0 Å². The molecule has 1 aliphatic rings. The summed E-state index contributed by atoms with van der Waals surface area (Å²) in [6, 6.07) is 4.22. The van der Waals surface area contributed by atoms with Gasteiger partial charge in [-0.1, -0.05) is 32.4 Å². The lowest BCUT2D eigenvalue weighted by Gasteiger charge is -2.37. The third kappa shape index (κ3) is 2.74. The first-order valence-corrected chi connectivity index (χ1v) is 7.21. The summed E-state index contributed by atoms with van der Waals surface area (Å²) >= 11 is 6.24. The minimum atomic E-state index is 0.690. The predicted molar refractivity (Wildman–Crippen MR) is 80.4 cm³/mol. The minimum absolute atomic E-state index is 0.690. The molecule has 2 nitrogen and oxygen atoms in total. The van der Waals surface area contributed by atoms with Gasteiger partial charge in [-0.15, -0.1) is 0 Å². The van der Waals surface area contributed by atoms with Crippen molar-refractivity contribution in [3.05, 3.63) is 22.7 Å². The van der Waals surface area contributed by atoms with Crippen LogP contribution in [0.3, 0.4) is 0 Å². The first-order valence-electron chi connectivity index (χ1n) is 6.84. The summed E-state index contributed by atoms with van der Waals surface area (Å²) in [5.41, 5.74) is 9.11. The number of hydrogen-bond acceptors (Lipinski definition) is 2. The maximum Gasteiger partial charge on any atom is 0.0658 e. The molecular weight excluding hydrogens is 244 g/mol. The molecule has 2 N–H and O–H groups in total. The van der Waals surface area contributed by atoms with E-state index >= 15 is 0 Å². The Kier molecular flexibility index (Phi) is 4.06. The van der Waals surface area contributed by atoms with Crippen LogP contribution in [0.5, 0.6) is 0 Å². The zero-order valence-electron chi connectivity index (χ0n) is 11.5. The molecule has 100 valence electrons. The maximum absolute atomic E-state index is 6.24. The van der Waals surface area contributed by atoms with Crippen LogP contribution < -0.4 is 10.6 Å². The highest BCUT2D eigenvalue weighted by Gasteiger charge is 2.22. The number of hydrogen-bond donors (Lipinski definition) is 1. The molecule has 0 aliphatic carbocycles. The molecule has 2 unspecified atom stereocenters. The van der Waals surface area contributed by atoms with Crippen molar-refractivity contribution in [1.82, 2.24) is 0 Å². The Labute approximate surface area is 115 Å². The fourth-order valence-corrected chi connectivity index (χ4v) is 3.24. The van der Waals surface area contributed by atoms with Crippen molar-refractivity contribution in [3.63, 3.8) is 0 Å². The molecule has 0 aromatic heterocycles. The van der Waals surface area contributed by atoms with E-state index in [9.17, 15) is 0 Å². The van der Waals surface area contributed by atoms with Crippen molar-refractivity contribution in [1.29, 1.82) is 0 Å². The summed E-state index contributed by atoms with van der Waals surface area (Å²) in [4.78, 5) is 2.45. The Hall–Kier alpha value is -0.890. The standard InChI is InChI=1S/C15H23ClN2/c1-4-12-6-13(7-14(16)15(12)17)18-8-10(2)5-11(3)9-18/h6-7,10-11H,4-5,8-9,17H2,1-3H3. The van der Waals surface area contributed by atoms with Gasteiger partial charge in [-0.05, 0) is 42.4 Å². The second-order valence-corrected chi connectivity index (χ2v) is 6.11. The maximum atomic E-state index is 6.24. The number of nitrogens with zero attached hydrogens (tertiary/aromatic N) is 1. The van der Waals surface area contributed by atoms with Gasteiger partial charge in [0, 0.05) is 18.8 Å². The van der Waals surface area contributed by atoms with Crippen LogP contribution in [-0.2, 0) is 6.42 Å². The van der Waals surface area contributed by atoms with E-state index in [2.05, 4.69) is 31.7 Å². The van der Waals surface area contributed by atoms with Crippen LogP contribution in [0.15, 0.2) is 12.1 Å². The van der Waals surface area contributed by atoms with E-state index in [0.29, 0.717) is 5.02 Å². The molecule has 2 rings (SSSR count). The van der Waals surface area contributed by atoms with E-state index in [1.165, 1.54) is 12.1 Å². The molecule has 1 fully saturated rings. The van der Waals surface area contributed by atoms with Gasteiger partial charge in [-0.3, -0.25) is 0 Å². The Morgan fingerprint density at radius 2 is 1.89 bits per heavy atom. The Morgan fingerprint density at radius 1 is 1.28 bits per heavy atom. The van der Waals surface area contributed by atoms with Gasteiger partial charge in [-0.25, -0.2) is 0 Å². The predicted octanol–water partition coefficient (Wildman–Crippen LogP) is 3.97. The number of aryl methyl sites for hydroxylation is 1. The first kappa shape index (κ1) is 13.5. The lowest BCUT2D eigenvalue weighted by molar-refractivity contribution is 0.357. The number of benzene rings is 1. The van der Waals surface area contributed by atoms with Gasteiger partial charge in [0.05, 0.1) is 10.7 Å². The smallest absolute Gasteiger partial charge is 0.0658 e.